The van der Waals surface area contributed by atoms with E-state index in [0.29, 0.717) is 0 Å². The molecular formula is C7H9NO8S2. The summed E-state index contributed by atoms with van der Waals surface area (Å²) in [4.78, 5) is 11.3. The quantitative estimate of drug-likeness (QED) is 0.345. The summed E-state index contributed by atoms with van der Waals surface area (Å²) >= 11 is 0. The Balaban J connectivity index is 2.74. The molecule has 0 spiro atoms. The van der Waals surface area contributed by atoms with E-state index in [0.717, 1.165) is 0 Å². The van der Waals surface area contributed by atoms with Gasteiger partial charge in [0.2, 0.25) is 5.08 Å². The number of esters is 1. The lowest BCUT2D eigenvalue weighted by Crippen LogP contribution is -2.31. The van der Waals surface area contributed by atoms with Crippen LogP contribution in [0.2, 0.25) is 0 Å². The van der Waals surface area contributed by atoms with Gasteiger partial charge in [-0.1, -0.05) is 0 Å². The van der Waals surface area contributed by atoms with E-state index in [-0.39, 0.29) is 13.0 Å². The second-order valence-electron chi connectivity index (χ2n) is 3.18. The predicted octanol–water partition coefficient (Wildman–Crippen LogP) is -1.52. The maximum Gasteiger partial charge on any atom is 0.339 e. The molecule has 102 valence electrons. The molecule has 0 aromatic heterocycles. The second-order valence-corrected chi connectivity index (χ2v) is 6.78. The monoisotopic (exact) mass is 299 g/mol. The van der Waals surface area contributed by atoms with E-state index >= 15 is 0 Å². The highest BCUT2D eigenvalue weighted by atomic mass is 32.3. The normalized spacial score (nSPS) is 25.6. The molecule has 0 aromatic carbocycles. The molecule has 0 aliphatic carbocycles. The first-order chi connectivity index (χ1) is 8.26. The van der Waals surface area contributed by atoms with E-state index in [1.54, 1.807) is 6.07 Å². The Morgan fingerprint density at radius 1 is 1.33 bits per heavy atom. The van der Waals surface area contributed by atoms with Gasteiger partial charge >= 0.3 is 5.97 Å². The zero-order valence-corrected chi connectivity index (χ0v) is 10.6. The minimum absolute atomic E-state index is 0.0790. The number of carbonyl (C=O) groups is 1. The molecule has 1 unspecified atom stereocenters. The number of carbonyl (C=O) groups excluding carboxylic acids is 1. The fourth-order valence-electron chi connectivity index (χ4n) is 1.01. The summed E-state index contributed by atoms with van der Waals surface area (Å²) < 4.78 is 57.6. The highest BCUT2D eigenvalue weighted by molar-refractivity contribution is 8.03. The Labute approximate surface area is 103 Å². The molecule has 1 saturated heterocycles. The third-order valence-corrected chi connectivity index (χ3v) is 5.00. The maximum absolute atomic E-state index is 11.3. The molecule has 1 rings (SSSR count). The summed E-state index contributed by atoms with van der Waals surface area (Å²) in [6.07, 6.45) is -1.77. The van der Waals surface area contributed by atoms with Gasteiger partial charge in [-0.15, -0.1) is 0 Å². The molecule has 1 fully saturated rings. The Hall–Kier alpha value is -1.22. The van der Waals surface area contributed by atoms with Gasteiger partial charge in [-0.25, -0.2) is 4.79 Å². The van der Waals surface area contributed by atoms with Crippen molar-refractivity contribution in [3.05, 3.63) is 0 Å². The summed E-state index contributed by atoms with van der Waals surface area (Å²) in [6.45, 7) is -1.03. The van der Waals surface area contributed by atoms with Crippen molar-refractivity contribution in [2.75, 3.05) is 18.3 Å². The van der Waals surface area contributed by atoms with Gasteiger partial charge in [0, 0.05) is 0 Å². The molecule has 0 aromatic rings. The van der Waals surface area contributed by atoms with Crippen molar-refractivity contribution in [3.63, 3.8) is 0 Å². The first-order valence-corrected chi connectivity index (χ1v) is 7.73. The molecule has 11 heteroatoms. The van der Waals surface area contributed by atoms with Crippen LogP contribution in [0.15, 0.2) is 0 Å². The lowest BCUT2D eigenvalue weighted by Gasteiger charge is -2.11. The van der Waals surface area contributed by atoms with Gasteiger partial charge in [-0.05, 0) is 0 Å². The fourth-order valence-corrected chi connectivity index (χ4v) is 3.73. The highest BCUT2D eigenvalue weighted by Gasteiger charge is 2.37. The van der Waals surface area contributed by atoms with Crippen molar-refractivity contribution in [1.29, 1.82) is 5.26 Å². The van der Waals surface area contributed by atoms with Crippen molar-refractivity contribution < 1.29 is 34.7 Å². The second kappa shape index (κ2) is 5.61. The van der Waals surface area contributed by atoms with Crippen molar-refractivity contribution in [3.8, 4) is 6.07 Å². The first-order valence-electron chi connectivity index (χ1n) is 4.57. The van der Waals surface area contributed by atoms with Crippen LogP contribution in [-0.2, 0) is 38.1 Å². The van der Waals surface area contributed by atoms with Crippen LogP contribution in [0, 0.1) is 11.3 Å². The van der Waals surface area contributed by atoms with Crippen molar-refractivity contribution in [1.82, 2.24) is 0 Å². The van der Waals surface area contributed by atoms with Gasteiger partial charge in [0.05, 0.1) is 12.5 Å². The first kappa shape index (κ1) is 14.8. The molecule has 0 bridgehead atoms. The number of nitriles is 1. The zero-order chi connectivity index (χ0) is 13.8. The lowest BCUT2D eigenvalue weighted by atomic mass is 10.4. The topological polar surface area (TPSA) is 137 Å². The van der Waals surface area contributed by atoms with Crippen LogP contribution in [0.3, 0.4) is 0 Å². The summed E-state index contributed by atoms with van der Waals surface area (Å²) in [5.41, 5.74) is 0. The Kier molecular flexibility index (Phi) is 4.63. The van der Waals surface area contributed by atoms with Gasteiger partial charge in [0.15, 0.2) is 6.10 Å². The van der Waals surface area contributed by atoms with Crippen LogP contribution in [-0.4, -0.2) is 47.2 Å². The van der Waals surface area contributed by atoms with E-state index in [2.05, 4.69) is 13.1 Å². The molecule has 18 heavy (non-hydrogen) atoms. The van der Waals surface area contributed by atoms with Gasteiger partial charge < -0.3 is 4.74 Å². The summed E-state index contributed by atoms with van der Waals surface area (Å²) in [5.74, 6) is -1.11. The van der Waals surface area contributed by atoms with Gasteiger partial charge in [0.1, 0.15) is 13.2 Å². The molecule has 0 N–H and O–H groups in total. The molecule has 9 nitrogen and oxygen atoms in total. The van der Waals surface area contributed by atoms with Gasteiger partial charge in [-0.3, -0.25) is 8.37 Å². The van der Waals surface area contributed by atoms with Crippen molar-refractivity contribution >= 4 is 26.2 Å². The third kappa shape index (κ3) is 4.57. The smallest absolute Gasteiger partial charge is 0.339 e. The highest BCUT2D eigenvalue weighted by Crippen LogP contribution is 2.14. The van der Waals surface area contributed by atoms with Crippen LogP contribution in [0.1, 0.15) is 6.42 Å². The van der Waals surface area contributed by atoms with E-state index in [1.165, 1.54) is 0 Å². The van der Waals surface area contributed by atoms with Crippen LogP contribution in [0.25, 0.3) is 0 Å². The van der Waals surface area contributed by atoms with Crippen LogP contribution >= 0.6 is 0 Å². The van der Waals surface area contributed by atoms with E-state index in [1.807, 2.05) is 0 Å². The average molecular weight is 299 g/mol. The Bertz CT molecular complexity index is 557. The van der Waals surface area contributed by atoms with E-state index < -0.39 is 44.0 Å². The Morgan fingerprint density at radius 2 is 2.00 bits per heavy atom. The molecule has 0 saturated carbocycles. The summed E-state index contributed by atoms with van der Waals surface area (Å²) in [7, 11) is -8.72. The SMILES string of the molecule is N#CCCOC(=O)C1COS(=O)(=O)CS(=O)(=O)O1. The molecule has 1 heterocycles. The van der Waals surface area contributed by atoms with Gasteiger partial charge in [0.25, 0.3) is 20.2 Å². The van der Waals surface area contributed by atoms with E-state index in [4.69, 9.17) is 5.26 Å². The number of hydrogen-bond donors (Lipinski definition) is 0. The minimum Gasteiger partial charge on any atom is -0.463 e. The van der Waals surface area contributed by atoms with E-state index in [9.17, 15) is 21.6 Å². The maximum atomic E-state index is 11.3. The Morgan fingerprint density at radius 3 is 2.61 bits per heavy atom. The van der Waals surface area contributed by atoms with Crippen LogP contribution in [0.4, 0.5) is 0 Å². The largest absolute Gasteiger partial charge is 0.463 e. The molecule has 1 atom stereocenters. The molecule has 1 aliphatic rings. The molecular weight excluding hydrogens is 290 g/mol. The third-order valence-electron chi connectivity index (χ3n) is 1.67. The summed E-state index contributed by atoms with van der Waals surface area (Å²) in [5, 5.41) is 6.85. The van der Waals surface area contributed by atoms with Crippen molar-refractivity contribution in [2.24, 2.45) is 0 Å². The van der Waals surface area contributed by atoms with Gasteiger partial charge in [-0.2, -0.15) is 22.1 Å². The lowest BCUT2D eigenvalue weighted by molar-refractivity contribution is -0.152. The summed E-state index contributed by atoms with van der Waals surface area (Å²) in [6, 6.07) is 1.70. The average Bonchev–Trinajstić information content (AvgIpc) is 2.33. The van der Waals surface area contributed by atoms with Crippen LogP contribution in [0.5, 0.6) is 0 Å². The van der Waals surface area contributed by atoms with Crippen LogP contribution < -0.4 is 0 Å². The predicted molar refractivity (Wildman–Crippen MR) is 54.7 cm³/mol. The standard InChI is InChI=1S/C7H9NO8S2/c8-2-1-3-14-7(9)6-4-15-17(10,11)5-18(12,13)16-6/h6H,1,3-5H2. The number of rotatable bonds is 3. The zero-order valence-electron chi connectivity index (χ0n) is 8.94. The molecule has 0 radical (unpaired) electrons. The number of nitrogens with zero attached hydrogens (tertiary/aromatic N) is 1. The minimum atomic E-state index is -4.43. The fraction of sp³-hybridized carbons (Fsp3) is 0.714. The number of ether oxygens (including phenoxy) is 1. The number of hydrogen-bond acceptors (Lipinski definition) is 9. The molecule has 0 amide bonds. The van der Waals surface area contributed by atoms with Crippen molar-refractivity contribution in [2.45, 2.75) is 12.5 Å². The molecule has 1 aliphatic heterocycles.